The Labute approximate surface area is 204 Å². The smallest absolute Gasteiger partial charge is 0.192 e. The molecule has 0 N–H and O–H groups in total. The monoisotopic (exact) mass is 479 g/mol. The Morgan fingerprint density at radius 3 is 2.38 bits per heavy atom. The minimum Gasteiger partial charge on any atom is -0.408 e. The second kappa shape index (κ2) is 10.3. The Hall–Kier alpha value is -2.09. The average molecular weight is 480 g/mol. The fourth-order valence-corrected chi connectivity index (χ4v) is 5.48. The van der Waals surface area contributed by atoms with E-state index in [0.29, 0.717) is 13.2 Å². The third kappa shape index (κ3) is 5.42. The fourth-order valence-electron chi connectivity index (χ4n) is 4.16. The van der Waals surface area contributed by atoms with Gasteiger partial charge in [-0.15, -0.1) is 0 Å². The molecule has 0 radical (unpaired) electrons. The van der Waals surface area contributed by atoms with Gasteiger partial charge in [0.25, 0.3) is 0 Å². The molecule has 2 heterocycles. The lowest BCUT2D eigenvalue weighted by atomic mass is 10.0. The maximum atomic E-state index is 6.91. The molecule has 4 rings (SSSR count). The van der Waals surface area contributed by atoms with E-state index in [1.807, 2.05) is 42.6 Å². The highest BCUT2D eigenvalue weighted by atomic mass is 28.4. The first-order valence-corrected chi connectivity index (χ1v) is 14.9. The minimum atomic E-state index is -2.08. The van der Waals surface area contributed by atoms with Crippen molar-refractivity contribution >= 4 is 19.2 Å². The van der Waals surface area contributed by atoms with Gasteiger partial charge in [-0.2, -0.15) is 0 Å². The van der Waals surface area contributed by atoms with Gasteiger partial charge in [-0.1, -0.05) is 69.3 Å². The van der Waals surface area contributed by atoms with E-state index < -0.39 is 8.32 Å². The van der Waals surface area contributed by atoms with E-state index in [1.54, 1.807) is 7.11 Å². The molecule has 1 aliphatic rings. The van der Waals surface area contributed by atoms with E-state index in [2.05, 4.69) is 63.1 Å². The normalized spacial score (nSPS) is 23.5. The summed E-state index contributed by atoms with van der Waals surface area (Å²) in [5.74, 6) is 0. The Morgan fingerprint density at radius 1 is 0.971 bits per heavy atom. The van der Waals surface area contributed by atoms with E-state index in [9.17, 15) is 0 Å². The number of para-hydroxylation sites is 1. The molecule has 3 aromatic rings. The molecule has 182 valence electrons. The van der Waals surface area contributed by atoms with Crippen molar-refractivity contribution in [1.82, 2.24) is 4.98 Å². The fraction of sp³-hybridized carbons (Fsp3) is 0.464. The van der Waals surface area contributed by atoms with Crippen molar-refractivity contribution < 1.29 is 18.6 Å². The lowest BCUT2D eigenvalue weighted by Gasteiger charge is -2.40. The number of fused-ring (bicyclic) bond motifs is 1. The summed E-state index contributed by atoms with van der Waals surface area (Å²) in [6.45, 7) is 12.3. The van der Waals surface area contributed by atoms with Crippen LogP contribution in [0.4, 0.5) is 0 Å². The van der Waals surface area contributed by atoms with Crippen LogP contribution in [0.3, 0.4) is 0 Å². The molecule has 1 saturated heterocycles. The third-order valence-electron chi connectivity index (χ3n) is 7.15. The highest BCUT2D eigenvalue weighted by molar-refractivity contribution is 6.74. The van der Waals surface area contributed by atoms with Gasteiger partial charge in [0.2, 0.25) is 0 Å². The van der Waals surface area contributed by atoms with Crippen molar-refractivity contribution in [3.05, 3.63) is 78.0 Å². The molecule has 4 atom stereocenters. The van der Waals surface area contributed by atoms with Crippen LogP contribution in [0.15, 0.2) is 66.9 Å². The Balaban J connectivity index is 1.59. The molecule has 1 aromatic heterocycles. The molecule has 5 nitrogen and oxygen atoms in total. The van der Waals surface area contributed by atoms with Crippen molar-refractivity contribution in [2.75, 3.05) is 13.7 Å². The van der Waals surface area contributed by atoms with Crippen LogP contribution in [-0.4, -0.2) is 45.3 Å². The Bertz CT molecular complexity index is 1080. The SMILES string of the molecule is COC1C(c2cnc3ccccc3c2)OC(COCc2ccccc2)C1O[Si](C)(C)C(C)(C)C. The predicted molar refractivity (Wildman–Crippen MR) is 138 cm³/mol. The Morgan fingerprint density at radius 2 is 1.68 bits per heavy atom. The van der Waals surface area contributed by atoms with Gasteiger partial charge in [0, 0.05) is 24.3 Å². The van der Waals surface area contributed by atoms with Crippen LogP contribution >= 0.6 is 0 Å². The van der Waals surface area contributed by atoms with Crippen molar-refractivity contribution in [1.29, 1.82) is 0 Å². The number of aromatic nitrogens is 1. The zero-order chi connectivity index (χ0) is 24.3. The quantitative estimate of drug-likeness (QED) is 0.355. The summed E-state index contributed by atoms with van der Waals surface area (Å²) < 4.78 is 25.7. The number of hydrogen-bond acceptors (Lipinski definition) is 5. The highest BCUT2D eigenvalue weighted by Crippen LogP contribution is 2.43. The summed E-state index contributed by atoms with van der Waals surface area (Å²) in [6.07, 6.45) is 0.914. The van der Waals surface area contributed by atoms with Crippen molar-refractivity contribution in [2.24, 2.45) is 0 Å². The first-order chi connectivity index (χ1) is 16.2. The van der Waals surface area contributed by atoms with Crippen LogP contribution in [0, 0.1) is 0 Å². The first kappa shape index (κ1) is 25.0. The maximum Gasteiger partial charge on any atom is 0.192 e. The summed E-state index contributed by atoms with van der Waals surface area (Å²) in [7, 11) is -0.338. The number of nitrogens with zero attached hydrogens (tertiary/aromatic N) is 1. The zero-order valence-electron chi connectivity index (χ0n) is 21.2. The highest BCUT2D eigenvalue weighted by Gasteiger charge is 2.51. The van der Waals surface area contributed by atoms with Gasteiger partial charge in [0.1, 0.15) is 24.4 Å². The lowest BCUT2D eigenvalue weighted by molar-refractivity contribution is -0.0467. The van der Waals surface area contributed by atoms with E-state index >= 15 is 0 Å². The van der Waals surface area contributed by atoms with E-state index in [1.165, 1.54) is 0 Å². The first-order valence-electron chi connectivity index (χ1n) is 12.0. The second-order valence-electron chi connectivity index (χ2n) is 10.6. The van der Waals surface area contributed by atoms with Crippen LogP contribution in [0.25, 0.3) is 10.9 Å². The standard InChI is InChI=1S/C28H37NO4Si/c1-28(2,3)34(5,6)33-26-24(19-31-18-20-12-8-7-9-13-20)32-25(27(26)30-4)22-16-21-14-10-11-15-23(21)29-17-22/h7-17,24-27H,18-19H2,1-6H3. The van der Waals surface area contributed by atoms with Gasteiger partial charge in [0.15, 0.2) is 8.32 Å². The maximum absolute atomic E-state index is 6.91. The number of rotatable bonds is 8. The van der Waals surface area contributed by atoms with Crippen LogP contribution < -0.4 is 0 Å². The molecule has 6 heteroatoms. The average Bonchev–Trinajstić information content (AvgIpc) is 3.15. The van der Waals surface area contributed by atoms with E-state index in [4.69, 9.17) is 18.6 Å². The Kier molecular flexibility index (Phi) is 7.55. The van der Waals surface area contributed by atoms with Gasteiger partial charge in [0.05, 0.1) is 18.7 Å². The summed E-state index contributed by atoms with van der Waals surface area (Å²) in [5.41, 5.74) is 3.11. The van der Waals surface area contributed by atoms with Crippen molar-refractivity contribution in [3.63, 3.8) is 0 Å². The molecule has 2 aromatic carbocycles. The molecule has 1 aliphatic heterocycles. The molecular weight excluding hydrogens is 442 g/mol. The molecule has 34 heavy (non-hydrogen) atoms. The summed E-state index contributed by atoms with van der Waals surface area (Å²) in [6, 6.07) is 20.5. The predicted octanol–water partition coefficient (Wildman–Crippen LogP) is 6.30. The van der Waals surface area contributed by atoms with Gasteiger partial charge < -0.3 is 18.6 Å². The molecular formula is C28H37NO4Si. The largest absolute Gasteiger partial charge is 0.408 e. The summed E-state index contributed by atoms with van der Waals surface area (Å²) in [5, 5.41) is 1.16. The lowest BCUT2D eigenvalue weighted by Crippen LogP contribution is -2.50. The second-order valence-corrected chi connectivity index (χ2v) is 15.4. The van der Waals surface area contributed by atoms with Crippen LogP contribution in [0.1, 0.15) is 38.0 Å². The molecule has 4 unspecified atom stereocenters. The van der Waals surface area contributed by atoms with Gasteiger partial charge in [-0.05, 0) is 35.8 Å². The molecule has 0 saturated carbocycles. The van der Waals surface area contributed by atoms with Gasteiger partial charge >= 0.3 is 0 Å². The molecule has 0 aliphatic carbocycles. The number of benzene rings is 2. The van der Waals surface area contributed by atoms with Gasteiger partial charge in [-0.25, -0.2) is 0 Å². The van der Waals surface area contributed by atoms with Gasteiger partial charge in [-0.3, -0.25) is 4.98 Å². The third-order valence-corrected chi connectivity index (χ3v) is 11.6. The van der Waals surface area contributed by atoms with E-state index in [0.717, 1.165) is 22.0 Å². The summed E-state index contributed by atoms with van der Waals surface area (Å²) in [4.78, 5) is 4.66. The topological polar surface area (TPSA) is 49.8 Å². The van der Waals surface area contributed by atoms with Crippen LogP contribution in [0.2, 0.25) is 18.1 Å². The summed E-state index contributed by atoms with van der Waals surface area (Å²) >= 11 is 0. The van der Waals surface area contributed by atoms with E-state index in [-0.39, 0.29) is 29.5 Å². The molecule has 1 fully saturated rings. The van der Waals surface area contributed by atoms with Crippen LogP contribution in [-0.2, 0) is 25.2 Å². The number of ether oxygens (including phenoxy) is 3. The van der Waals surface area contributed by atoms with Crippen molar-refractivity contribution in [2.45, 2.75) is 69.9 Å². The molecule has 0 spiro atoms. The number of methoxy groups -OCH3 is 1. The number of pyridine rings is 1. The molecule has 0 amide bonds. The zero-order valence-corrected chi connectivity index (χ0v) is 22.2. The minimum absolute atomic E-state index is 0.0727. The van der Waals surface area contributed by atoms with Crippen molar-refractivity contribution in [3.8, 4) is 0 Å². The number of hydrogen-bond donors (Lipinski definition) is 0. The molecule has 0 bridgehead atoms. The van der Waals surface area contributed by atoms with Crippen LogP contribution in [0.5, 0.6) is 0 Å².